The van der Waals surface area contributed by atoms with E-state index in [0.717, 1.165) is 30.9 Å². The summed E-state index contributed by atoms with van der Waals surface area (Å²) in [6, 6.07) is 8.09. The fourth-order valence-electron chi connectivity index (χ4n) is 3.37. The summed E-state index contributed by atoms with van der Waals surface area (Å²) in [5.41, 5.74) is 0.968. The van der Waals surface area contributed by atoms with Gasteiger partial charge in [-0.25, -0.2) is 4.39 Å². The third-order valence-corrected chi connectivity index (χ3v) is 4.98. The molecule has 0 heterocycles. The second kappa shape index (κ2) is 5.24. The maximum absolute atomic E-state index is 14.2. The first-order chi connectivity index (χ1) is 9.20. The van der Waals surface area contributed by atoms with Crippen LogP contribution in [0.3, 0.4) is 0 Å². The molecule has 0 saturated heterocycles. The SMILES string of the molecule is CC1CCC(CNC2CC2)(c2ccccc2F)CC1. The van der Waals surface area contributed by atoms with Gasteiger partial charge in [-0.1, -0.05) is 25.1 Å². The Bertz CT molecular complexity index is 431. The molecule has 1 aromatic carbocycles. The van der Waals surface area contributed by atoms with E-state index < -0.39 is 0 Å². The summed E-state index contributed by atoms with van der Waals surface area (Å²) >= 11 is 0. The number of halogens is 1. The summed E-state index contributed by atoms with van der Waals surface area (Å²) < 4.78 is 14.2. The van der Waals surface area contributed by atoms with E-state index in [0.29, 0.717) is 6.04 Å². The average molecular weight is 261 g/mol. The highest BCUT2D eigenvalue weighted by atomic mass is 19.1. The van der Waals surface area contributed by atoms with Gasteiger partial charge in [0.05, 0.1) is 0 Å². The molecule has 0 aromatic heterocycles. The maximum atomic E-state index is 14.2. The van der Waals surface area contributed by atoms with E-state index in [1.807, 2.05) is 12.1 Å². The molecule has 0 spiro atoms. The minimum absolute atomic E-state index is 0.0188. The van der Waals surface area contributed by atoms with Gasteiger partial charge in [-0.05, 0) is 56.1 Å². The van der Waals surface area contributed by atoms with Crippen molar-refractivity contribution < 1.29 is 4.39 Å². The fraction of sp³-hybridized carbons (Fsp3) is 0.647. The number of hydrogen-bond acceptors (Lipinski definition) is 1. The highest BCUT2D eigenvalue weighted by Gasteiger charge is 2.38. The molecule has 0 unspecified atom stereocenters. The highest BCUT2D eigenvalue weighted by Crippen LogP contribution is 2.42. The summed E-state index contributed by atoms with van der Waals surface area (Å²) in [6.45, 7) is 3.27. The van der Waals surface area contributed by atoms with E-state index in [2.05, 4.69) is 12.2 Å². The van der Waals surface area contributed by atoms with Crippen molar-refractivity contribution in [2.75, 3.05) is 6.54 Å². The third kappa shape index (κ3) is 2.84. The zero-order chi connectivity index (χ0) is 13.3. The van der Waals surface area contributed by atoms with E-state index in [9.17, 15) is 4.39 Å². The van der Waals surface area contributed by atoms with Crippen molar-refractivity contribution in [3.63, 3.8) is 0 Å². The topological polar surface area (TPSA) is 12.0 Å². The molecule has 2 heteroatoms. The first kappa shape index (κ1) is 13.1. The molecule has 2 aliphatic carbocycles. The zero-order valence-electron chi connectivity index (χ0n) is 11.8. The highest BCUT2D eigenvalue weighted by molar-refractivity contribution is 5.28. The predicted molar refractivity (Wildman–Crippen MR) is 76.7 cm³/mol. The summed E-state index contributed by atoms with van der Waals surface area (Å²) in [7, 11) is 0. The summed E-state index contributed by atoms with van der Waals surface area (Å²) in [5.74, 6) is 0.774. The molecule has 0 atom stereocenters. The quantitative estimate of drug-likeness (QED) is 0.863. The van der Waals surface area contributed by atoms with Crippen LogP contribution in [0.15, 0.2) is 24.3 Å². The molecule has 1 nitrogen and oxygen atoms in total. The van der Waals surface area contributed by atoms with E-state index in [-0.39, 0.29) is 11.2 Å². The molecular weight excluding hydrogens is 237 g/mol. The Kier molecular flexibility index (Phi) is 3.62. The van der Waals surface area contributed by atoms with Crippen LogP contribution in [0.25, 0.3) is 0 Å². The molecule has 1 N–H and O–H groups in total. The molecule has 2 aliphatic rings. The lowest BCUT2D eigenvalue weighted by atomic mass is 9.66. The van der Waals surface area contributed by atoms with Crippen molar-refractivity contribution in [1.29, 1.82) is 0 Å². The molecule has 104 valence electrons. The smallest absolute Gasteiger partial charge is 0.127 e. The Balaban J connectivity index is 1.84. The molecule has 0 aliphatic heterocycles. The number of rotatable bonds is 4. The third-order valence-electron chi connectivity index (χ3n) is 4.98. The lowest BCUT2D eigenvalue weighted by molar-refractivity contribution is 0.227. The van der Waals surface area contributed by atoms with Crippen LogP contribution in [0, 0.1) is 11.7 Å². The van der Waals surface area contributed by atoms with Gasteiger partial charge >= 0.3 is 0 Å². The van der Waals surface area contributed by atoms with E-state index in [4.69, 9.17) is 0 Å². The molecular formula is C17H24FN. The van der Waals surface area contributed by atoms with Gasteiger partial charge in [-0.3, -0.25) is 0 Å². The molecule has 2 saturated carbocycles. The monoisotopic (exact) mass is 261 g/mol. The Morgan fingerprint density at radius 2 is 1.84 bits per heavy atom. The Morgan fingerprint density at radius 3 is 2.47 bits per heavy atom. The van der Waals surface area contributed by atoms with Crippen molar-refractivity contribution in [2.45, 2.75) is 56.9 Å². The van der Waals surface area contributed by atoms with Crippen molar-refractivity contribution in [3.8, 4) is 0 Å². The van der Waals surface area contributed by atoms with E-state index in [1.54, 1.807) is 12.1 Å². The molecule has 0 bridgehead atoms. The van der Waals surface area contributed by atoms with Crippen molar-refractivity contribution in [3.05, 3.63) is 35.6 Å². The predicted octanol–water partition coefficient (Wildman–Crippen LogP) is 4.03. The van der Waals surface area contributed by atoms with Gasteiger partial charge in [0.25, 0.3) is 0 Å². The fourth-order valence-corrected chi connectivity index (χ4v) is 3.37. The molecule has 0 amide bonds. The molecule has 2 fully saturated rings. The van der Waals surface area contributed by atoms with Crippen LogP contribution < -0.4 is 5.32 Å². The van der Waals surface area contributed by atoms with Gasteiger partial charge in [-0.2, -0.15) is 0 Å². The van der Waals surface area contributed by atoms with Crippen molar-refractivity contribution in [1.82, 2.24) is 5.32 Å². The summed E-state index contributed by atoms with van der Waals surface area (Å²) in [5, 5.41) is 3.64. The van der Waals surface area contributed by atoms with Gasteiger partial charge in [-0.15, -0.1) is 0 Å². The van der Waals surface area contributed by atoms with Crippen LogP contribution in [0.5, 0.6) is 0 Å². The molecule has 3 rings (SSSR count). The van der Waals surface area contributed by atoms with Gasteiger partial charge in [0.2, 0.25) is 0 Å². The van der Waals surface area contributed by atoms with Crippen LogP contribution in [0.4, 0.5) is 4.39 Å². The van der Waals surface area contributed by atoms with Crippen LogP contribution in [0.2, 0.25) is 0 Å². The normalized spacial score (nSPS) is 31.4. The number of nitrogens with one attached hydrogen (secondary N) is 1. The van der Waals surface area contributed by atoms with E-state index >= 15 is 0 Å². The minimum Gasteiger partial charge on any atom is -0.313 e. The lowest BCUT2D eigenvalue weighted by Crippen LogP contribution is -2.42. The molecule has 19 heavy (non-hydrogen) atoms. The zero-order valence-corrected chi connectivity index (χ0v) is 11.8. The van der Waals surface area contributed by atoms with E-state index in [1.165, 1.54) is 25.7 Å². The van der Waals surface area contributed by atoms with Crippen molar-refractivity contribution >= 4 is 0 Å². The Labute approximate surface area is 115 Å². The largest absolute Gasteiger partial charge is 0.313 e. The van der Waals surface area contributed by atoms with Crippen molar-refractivity contribution in [2.24, 2.45) is 5.92 Å². The van der Waals surface area contributed by atoms with Crippen LogP contribution >= 0.6 is 0 Å². The first-order valence-electron chi connectivity index (χ1n) is 7.68. The van der Waals surface area contributed by atoms with Gasteiger partial charge in [0.1, 0.15) is 5.82 Å². The molecule has 1 aromatic rings. The van der Waals surface area contributed by atoms with Gasteiger partial charge < -0.3 is 5.32 Å². The second-order valence-corrected chi connectivity index (χ2v) is 6.60. The number of hydrogen-bond donors (Lipinski definition) is 1. The standard InChI is InChI=1S/C17H24FN/c1-13-8-10-17(11-9-13,12-19-14-6-7-14)15-4-2-3-5-16(15)18/h2-5,13-14,19H,6-12H2,1H3. The Morgan fingerprint density at radius 1 is 1.16 bits per heavy atom. The lowest BCUT2D eigenvalue weighted by Gasteiger charge is -2.40. The minimum atomic E-state index is -0.0188. The van der Waals surface area contributed by atoms with Crippen LogP contribution in [-0.4, -0.2) is 12.6 Å². The van der Waals surface area contributed by atoms with Gasteiger partial charge in [0, 0.05) is 18.0 Å². The number of benzene rings is 1. The maximum Gasteiger partial charge on any atom is 0.127 e. The summed E-state index contributed by atoms with van der Waals surface area (Å²) in [6.07, 6.45) is 7.28. The average Bonchev–Trinajstić information content (AvgIpc) is 3.24. The first-order valence-corrected chi connectivity index (χ1v) is 7.68. The van der Waals surface area contributed by atoms with Crippen LogP contribution in [0.1, 0.15) is 51.0 Å². The van der Waals surface area contributed by atoms with Gasteiger partial charge in [0.15, 0.2) is 0 Å². The Hall–Kier alpha value is -0.890. The second-order valence-electron chi connectivity index (χ2n) is 6.60. The summed E-state index contributed by atoms with van der Waals surface area (Å²) in [4.78, 5) is 0. The van der Waals surface area contributed by atoms with Crippen LogP contribution in [-0.2, 0) is 5.41 Å². The molecule has 0 radical (unpaired) electrons.